The lowest BCUT2D eigenvalue weighted by atomic mass is 9.48. The maximum absolute atomic E-state index is 12.1. The zero-order valence-corrected chi connectivity index (χ0v) is 20.9. The van der Waals surface area contributed by atoms with E-state index in [0.717, 1.165) is 29.1 Å². The van der Waals surface area contributed by atoms with E-state index in [1.807, 2.05) is 35.2 Å². The average molecular weight is 478 g/mol. The zero-order valence-electron chi connectivity index (χ0n) is 20.9. The third-order valence-electron chi connectivity index (χ3n) is 8.32. The summed E-state index contributed by atoms with van der Waals surface area (Å²) in [6.45, 7) is 3.37. The van der Waals surface area contributed by atoms with Gasteiger partial charge in [-0.15, -0.1) is 0 Å². The fraction of sp³-hybridized carbons (Fsp3) is 0.567. The fourth-order valence-corrected chi connectivity index (χ4v) is 7.33. The molecular formula is C30H39NO4. The van der Waals surface area contributed by atoms with Crippen LogP contribution in [-0.4, -0.2) is 48.4 Å². The Labute approximate surface area is 209 Å². The second-order valence-corrected chi connectivity index (χ2v) is 11.1. The van der Waals surface area contributed by atoms with Gasteiger partial charge >= 0.3 is 5.97 Å². The van der Waals surface area contributed by atoms with E-state index < -0.39 is 6.10 Å². The maximum Gasteiger partial charge on any atom is 0.320 e. The number of hydrogen-bond donors (Lipinski definition) is 1. The highest BCUT2D eigenvalue weighted by atomic mass is 16.5. The number of hydrogen-bond acceptors (Lipinski definition) is 5. The van der Waals surface area contributed by atoms with Crippen LogP contribution in [0.1, 0.15) is 56.6 Å². The van der Waals surface area contributed by atoms with Gasteiger partial charge in [-0.3, -0.25) is 9.69 Å². The third kappa shape index (κ3) is 5.90. The van der Waals surface area contributed by atoms with Crippen LogP contribution in [0.5, 0.6) is 5.75 Å². The monoisotopic (exact) mass is 477 g/mol. The summed E-state index contributed by atoms with van der Waals surface area (Å²) in [6.07, 6.45) is 7.72. The topological polar surface area (TPSA) is 59.0 Å². The Balaban J connectivity index is 1.16. The van der Waals surface area contributed by atoms with Gasteiger partial charge in [0.15, 0.2) is 0 Å². The molecule has 4 bridgehead atoms. The molecular weight excluding hydrogens is 438 g/mol. The smallest absolute Gasteiger partial charge is 0.320 e. The van der Waals surface area contributed by atoms with Gasteiger partial charge < -0.3 is 14.6 Å². The first-order chi connectivity index (χ1) is 17.0. The SMILES string of the molecule is CCOC(=O)CN(Cc1ccccc1)CC(O)COc1ccc(C23CC4CC(CC(C4)C2)C3)cc1. The predicted octanol–water partition coefficient (Wildman–Crippen LogP) is 4.96. The number of rotatable bonds is 11. The van der Waals surface area contributed by atoms with Crippen LogP contribution >= 0.6 is 0 Å². The first-order valence-corrected chi connectivity index (χ1v) is 13.3. The van der Waals surface area contributed by atoms with Crippen molar-refractivity contribution >= 4 is 5.97 Å². The largest absolute Gasteiger partial charge is 0.491 e. The first kappa shape index (κ1) is 24.3. The van der Waals surface area contributed by atoms with Crippen molar-refractivity contribution in [1.29, 1.82) is 0 Å². The second-order valence-electron chi connectivity index (χ2n) is 11.1. The Morgan fingerprint density at radius 3 is 2.23 bits per heavy atom. The van der Waals surface area contributed by atoms with E-state index in [1.165, 1.54) is 44.1 Å². The molecule has 4 fully saturated rings. The average Bonchev–Trinajstić information content (AvgIpc) is 2.83. The van der Waals surface area contributed by atoms with Gasteiger partial charge in [-0.2, -0.15) is 0 Å². The standard InChI is InChI=1S/C30H39NO4/c1-2-34-29(33)20-31(18-22-6-4-3-5-7-22)19-27(32)21-35-28-10-8-26(9-11-28)30-15-23-12-24(16-30)14-25(13-23)17-30/h3-11,23-25,27,32H,2,12-21H2,1H3. The van der Waals surface area contributed by atoms with E-state index in [1.54, 1.807) is 6.92 Å². The van der Waals surface area contributed by atoms with Crippen molar-refractivity contribution in [2.75, 3.05) is 26.3 Å². The quantitative estimate of drug-likeness (QED) is 0.464. The minimum atomic E-state index is -0.712. The molecule has 4 saturated carbocycles. The van der Waals surface area contributed by atoms with Crippen molar-refractivity contribution in [3.63, 3.8) is 0 Å². The molecule has 1 atom stereocenters. The summed E-state index contributed by atoms with van der Waals surface area (Å²) >= 11 is 0. The van der Waals surface area contributed by atoms with Crippen LogP contribution < -0.4 is 4.74 Å². The summed E-state index contributed by atoms with van der Waals surface area (Å²) in [5, 5.41) is 10.7. The summed E-state index contributed by atoms with van der Waals surface area (Å²) in [5.41, 5.74) is 2.95. The zero-order chi connectivity index (χ0) is 24.3. The van der Waals surface area contributed by atoms with Gasteiger partial charge in [-0.1, -0.05) is 42.5 Å². The Bertz CT molecular complexity index is 938. The molecule has 188 valence electrons. The van der Waals surface area contributed by atoms with Gasteiger partial charge in [-0.25, -0.2) is 0 Å². The van der Waals surface area contributed by atoms with Crippen LogP contribution in [0, 0.1) is 17.8 Å². The minimum Gasteiger partial charge on any atom is -0.491 e. The van der Waals surface area contributed by atoms with E-state index in [2.05, 4.69) is 24.3 Å². The molecule has 0 amide bonds. The number of aliphatic hydroxyl groups is 1. The molecule has 0 aromatic heterocycles. The lowest BCUT2D eigenvalue weighted by molar-refractivity contribution is -0.144. The number of aliphatic hydroxyl groups excluding tert-OH is 1. The molecule has 0 aliphatic heterocycles. The maximum atomic E-state index is 12.1. The second kappa shape index (κ2) is 10.7. The summed E-state index contributed by atoms with van der Waals surface area (Å²) in [5.74, 6) is 3.30. The van der Waals surface area contributed by atoms with Crippen LogP contribution in [0.3, 0.4) is 0 Å². The first-order valence-electron chi connectivity index (χ1n) is 13.3. The Morgan fingerprint density at radius 2 is 1.63 bits per heavy atom. The molecule has 1 unspecified atom stereocenters. The molecule has 0 heterocycles. The van der Waals surface area contributed by atoms with Crippen molar-refractivity contribution in [3.8, 4) is 5.75 Å². The molecule has 35 heavy (non-hydrogen) atoms. The molecule has 2 aromatic rings. The Kier molecular flexibility index (Phi) is 7.45. The molecule has 6 rings (SSSR count). The van der Waals surface area contributed by atoms with Gasteiger partial charge in [-0.05, 0) is 91.9 Å². The molecule has 5 nitrogen and oxygen atoms in total. The number of benzene rings is 2. The Morgan fingerprint density at radius 1 is 1.00 bits per heavy atom. The molecule has 5 heteroatoms. The number of esters is 1. The number of carbonyl (C=O) groups excluding carboxylic acids is 1. The van der Waals surface area contributed by atoms with Gasteiger partial charge in [0.1, 0.15) is 18.5 Å². The lowest BCUT2D eigenvalue weighted by Gasteiger charge is -2.57. The fourth-order valence-electron chi connectivity index (χ4n) is 7.33. The minimum absolute atomic E-state index is 0.138. The molecule has 2 aromatic carbocycles. The van der Waals surface area contributed by atoms with E-state index >= 15 is 0 Å². The summed E-state index contributed by atoms with van der Waals surface area (Å²) in [6, 6.07) is 18.6. The van der Waals surface area contributed by atoms with E-state index in [9.17, 15) is 9.90 Å². The van der Waals surface area contributed by atoms with Gasteiger partial charge in [0.2, 0.25) is 0 Å². The number of nitrogens with zero attached hydrogens (tertiary/aromatic N) is 1. The highest BCUT2D eigenvalue weighted by molar-refractivity contribution is 5.71. The van der Waals surface area contributed by atoms with Crippen LogP contribution in [0.4, 0.5) is 0 Å². The normalized spacial score (nSPS) is 27.7. The van der Waals surface area contributed by atoms with Gasteiger partial charge in [0, 0.05) is 13.1 Å². The molecule has 4 aliphatic rings. The number of carbonyl (C=O) groups is 1. The van der Waals surface area contributed by atoms with E-state index in [-0.39, 0.29) is 19.1 Å². The molecule has 0 spiro atoms. The van der Waals surface area contributed by atoms with E-state index in [4.69, 9.17) is 9.47 Å². The number of ether oxygens (including phenoxy) is 2. The third-order valence-corrected chi connectivity index (χ3v) is 8.32. The molecule has 1 N–H and O–H groups in total. The Hall–Kier alpha value is -2.37. The summed E-state index contributed by atoms with van der Waals surface area (Å²) in [4.78, 5) is 14.0. The predicted molar refractivity (Wildman–Crippen MR) is 136 cm³/mol. The van der Waals surface area contributed by atoms with Crippen LogP contribution in [0.2, 0.25) is 0 Å². The van der Waals surface area contributed by atoms with Crippen molar-refractivity contribution < 1.29 is 19.4 Å². The highest BCUT2D eigenvalue weighted by Crippen LogP contribution is 2.60. The molecule has 0 saturated heterocycles. The van der Waals surface area contributed by atoms with Gasteiger partial charge in [0.05, 0.1) is 13.2 Å². The molecule has 0 radical (unpaired) electrons. The van der Waals surface area contributed by atoms with E-state index in [0.29, 0.717) is 25.1 Å². The van der Waals surface area contributed by atoms with Crippen molar-refractivity contribution in [2.24, 2.45) is 17.8 Å². The molecule has 4 aliphatic carbocycles. The van der Waals surface area contributed by atoms with Crippen molar-refractivity contribution in [2.45, 2.75) is 63.5 Å². The van der Waals surface area contributed by atoms with Gasteiger partial charge in [0.25, 0.3) is 0 Å². The van der Waals surface area contributed by atoms with Crippen LogP contribution in [-0.2, 0) is 21.5 Å². The van der Waals surface area contributed by atoms with Crippen LogP contribution in [0.25, 0.3) is 0 Å². The van der Waals surface area contributed by atoms with Crippen LogP contribution in [0.15, 0.2) is 54.6 Å². The lowest BCUT2D eigenvalue weighted by Crippen LogP contribution is -2.48. The summed E-state index contributed by atoms with van der Waals surface area (Å²) < 4.78 is 11.1. The van der Waals surface area contributed by atoms with Crippen molar-refractivity contribution in [3.05, 3.63) is 65.7 Å². The summed E-state index contributed by atoms with van der Waals surface area (Å²) in [7, 11) is 0. The highest BCUT2D eigenvalue weighted by Gasteiger charge is 2.51. The van der Waals surface area contributed by atoms with Crippen molar-refractivity contribution in [1.82, 2.24) is 4.90 Å².